The van der Waals surface area contributed by atoms with Gasteiger partial charge in [0, 0.05) is 35.4 Å². The third kappa shape index (κ3) is 6.02. The standard InChI is InChI=1S/C19H23F3N4O2S2/c1-18(2)12-25(15-4-6-16(7-5-15)29-19(20,21)22)13-26(18)11-14-8-9-23-10-17(14)24-30(3,27)28/h4-10,24H,11-13H2,1-3H3. The van der Waals surface area contributed by atoms with Gasteiger partial charge >= 0.3 is 5.51 Å². The number of hydrogen-bond donors (Lipinski definition) is 1. The maximum Gasteiger partial charge on any atom is 0.446 e. The van der Waals surface area contributed by atoms with Crippen molar-refractivity contribution in [1.29, 1.82) is 0 Å². The largest absolute Gasteiger partial charge is 0.446 e. The molecule has 1 N–H and O–H groups in total. The number of anilines is 2. The van der Waals surface area contributed by atoms with Gasteiger partial charge in [-0.25, -0.2) is 8.42 Å². The van der Waals surface area contributed by atoms with Gasteiger partial charge in [0.2, 0.25) is 10.0 Å². The second-order valence-corrected chi connectivity index (χ2v) is 10.7. The summed E-state index contributed by atoms with van der Waals surface area (Å²) in [5, 5.41) is 0. The van der Waals surface area contributed by atoms with Crippen LogP contribution in [0.3, 0.4) is 0 Å². The average Bonchev–Trinajstić information content (AvgIpc) is 2.89. The zero-order valence-corrected chi connectivity index (χ0v) is 18.4. The van der Waals surface area contributed by atoms with Gasteiger partial charge in [-0.2, -0.15) is 13.2 Å². The summed E-state index contributed by atoms with van der Waals surface area (Å²) in [5.74, 6) is 0. The van der Waals surface area contributed by atoms with Crippen molar-refractivity contribution in [2.24, 2.45) is 0 Å². The fourth-order valence-corrected chi connectivity index (χ4v) is 4.49. The molecule has 2 heterocycles. The van der Waals surface area contributed by atoms with Crippen LogP contribution in [-0.4, -0.2) is 48.8 Å². The highest BCUT2D eigenvalue weighted by Gasteiger charge is 2.37. The van der Waals surface area contributed by atoms with E-state index in [0.29, 0.717) is 25.4 Å². The first-order valence-corrected chi connectivity index (χ1v) is 11.8. The molecule has 0 spiro atoms. The minimum atomic E-state index is -4.31. The quantitative estimate of drug-likeness (QED) is 0.654. The Morgan fingerprint density at radius 2 is 1.87 bits per heavy atom. The average molecular weight is 461 g/mol. The number of rotatable bonds is 6. The summed E-state index contributed by atoms with van der Waals surface area (Å²) in [5.41, 5.74) is -2.48. The monoisotopic (exact) mass is 460 g/mol. The summed E-state index contributed by atoms with van der Waals surface area (Å²) >= 11 is -0.131. The molecule has 1 saturated heterocycles. The number of sulfonamides is 1. The van der Waals surface area contributed by atoms with Crippen LogP contribution >= 0.6 is 11.8 Å². The molecule has 0 saturated carbocycles. The van der Waals surface area contributed by atoms with E-state index in [1.54, 1.807) is 24.4 Å². The van der Waals surface area contributed by atoms with Crippen LogP contribution in [0.5, 0.6) is 0 Å². The zero-order chi connectivity index (χ0) is 22.2. The lowest BCUT2D eigenvalue weighted by atomic mass is 10.0. The number of halogens is 3. The maximum absolute atomic E-state index is 12.5. The first kappa shape index (κ1) is 22.7. The lowest BCUT2D eigenvalue weighted by Crippen LogP contribution is -2.39. The SMILES string of the molecule is CC1(C)CN(c2ccc(SC(F)(F)F)cc2)CN1Cc1ccncc1NS(C)(=O)=O. The first-order valence-electron chi connectivity index (χ1n) is 9.09. The Morgan fingerprint density at radius 1 is 1.20 bits per heavy atom. The van der Waals surface area contributed by atoms with E-state index in [1.165, 1.54) is 18.3 Å². The van der Waals surface area contributed by atoms with Gasteiger partial charge < -0.3 is 4.90 Å². The van der Waals surface area contributed by atoms with Gasteiger partial charge in [-0.3, -0.25) is 14.6 Å². The second-order valence-electron chi connectivity index (χ2n) is 7.80. The third-order valence-electron chi connectivity index (χ3n) is 4.78. The van der Waals surface area contributed by atoms with E-state index < -0.39 is 15.5 Å². The van der Waals surface area contributed by atoms with Crippen LogP contribution in [0.4, 0.5) is 24.5 Å². The van der Waals surface area contributed by atoms with Crippen LogP contribution in [0.1, 0.15) is 19.4 Å². The van der Waals surface area contributed by atoms with E-state index in [1.807, 2.05) is 0 Å². The van der Waals surface area contributed by atoms with Crippen LogP contribution in [0.15, 0.2) is 47.6 Å². The van der Waals surface area contributed by atoms with Gasteiger partial charge in [0.25, 0.3) is 0 Å². The Hall–Kier alpha value is -1.98. The molecule has 1 aliphatic heterocycles. The summed E-state index contributed by atoms with van der Waals surface area (Å²) in [6.07, 6.45) is 4.18. The highest BCUT2D eigenvalue weighted by molar-refractivity contribution is 8.00. The van der Waals surface area contributed by atoms with Crippen molar-refractivity contribution in [3.63, 3.8) is 0 Å². The molecule has 1 aromatic carbocycles. The van der Waals surface area contributed by atoms with Gasteiger partial charge in [-0.1, -0.05) is 0 Å². The summed E-state index contributed by atoms with van der Waals surface area (Å²) in [6.45, 7) is 5.88. The molecule has 6 nitrogen and oxygen atoms in total. The molecule has 0 unspecified atom stereocenters. The predicted octanol–water partition coefficient (Wildman–Crippen LogP) is 4.12. The van der Waals surface area contributed by atoms with Crippen molar-refractivity contribution in [3.05, 3.63) is 48.3 Å². The molecule has 2 aromatic rings. The number of alkyl halides is 3. The summed E-state index contributed by atoms with van der Waals surface area (Å²) < 4.78 is 63.4. The van der Waals surface area contributed by atoms with Crippen LogP contribution in [0.25, 0.3) is 0 Å². The van der Waals surface area contributed by atoms with Crippen molar-refractivity contribution in [2.45, 2.75) is 36.3 Å². The number of nitrogens with zero attached hydrogens (tertiary/aromatic N) is 3. The molecular formula is C19H23F3N4O2S2. The maximum atomic E-state index is 12.5. The van der Waals surface area contributed by atoms with Crippen molar-refractivity contribution in [2.75, 3.05) is 29.1 Å². The van der Waals surface area contributed by atoms with Gasteiger partial charge in [0.05, 0.1) is 24.8 Å². The number of thioether (sulfide) groups is 1. The van der Waals surface area contributed by atoms with Crippen molar-refractivity contribution < 1.29 is 21.6 Å². The molecule has 30 heavy (non-hydrogen) atoms. The minimum Gasteiger partial charge on any atom is -0.357 e. The van der Waals surface area contributed by atoms with E-state index in [9.17, 15) is 21.6 Å². The lowest BCUT2D eigenvalue weighted by Gasteiger charge is -2.30. The van der Waals surface area contributed by atoms with E-state index >= 15 is 0 Å². The number of benzene rings is 1. The van der Waals surface area contributed by atoms with Gasteiger partial charge in [-0.05, 0) is 61.5 Å². The number of nitrogens with one attached hydrogen (secondary N) is 1. The van der Waals surface area contributed by atoms with Gasteiger partial charge in [-0.15, -0.1) is 0 Å². The molecule has 0 amide bonds. The van der Waals surface area contributed by atoms with Crippen LogP contribution in [0.2, 0.25) is 0 Å². The summed E-state index contributed by atoms with van der Waals surface area (Å²) in [6, 6.07) is 8.10. The van der Waals surface area contributed by atoms with E-state index in [4.69, 9.17) is 0 Å². The van der Waals surface area contributed by atoms with E-state index in [0.717, 1.165) is 17.5 Å². The first-order chi connectivity index (χ1) is 13.8. The number of aromatic nitrogens is 1. The molecule has 1 aromatic heterocycles. The molecule has 0 bridgehead atoms. The van der Waals surface area contributed by atoms with Crippen molar-refractivity contribution in [1.82, 2.24) is 9.88 Å². The fourth-order valence-electron chi connectivity index (χ4n) is 3.37. The molecular weight excluding hydrogens is 437 g/mol. The Kier molecular flexibility index (Phi) is 6.26. The zero-order valence-electron chi connectivity index (χ0n) is 16.8. The van der Waals surface area contributed by atoms with Gasteiger partial charge in [0.1, 0.15) is 0 Å². The van der Waals surface area contributed by atoms with Crippen molar-refractivity contribution in [3.8, 4) is 0 Å². The highest BCUT2D eigenvalue weighted by Crippen LogP contribution is 2.38. The Morgan fingerprint density at radius 3 is 2.47 bits per heavy atom. The molecule has 1 fully saturated rings. The van der Waals surface area contributed by atoms with E-state index in [-0.39, 0.29) is 22.2 Å². The number of hydrogen-bond acceptors (Lipinski definition) is 6. The third-order valence-corrected chi connectivity index (χ3v) is 6.11. The van der Waals surface area contributed by atoms with Crippen LogP contribution < -0.4 is 9.62 Å². The smallest absolute Gasteiger partial charge is 0.357 e. The highest BCUT2D eigenvalue weighted by atomic mass is 32.2. The summed E-state index contributed by atoms with van der Waals surface area (Å²) in [7, 11) is -3.43. The Labute approximate surface area is 178 Å². The normalized spacial score (nSPS) is 17.3. The van der Waals surface area contributed by atoms with E-state index in [2.05, 4.69) is 33.4 Å². The van der Waals surface area contributed by atoms with Crippen LogP contribution in [0, 0.1) is 0 Å². The Bertz CT molecular complexity index is 996. The molecule has 1 aliphatic rings. The molecule has 11 heteroatoms. The van der Waals surface area contributed by atoms with Crippen LogP contribution in [-0.2, 0) is 16.6 Å². The molecule has 0 atom stereocenters. The lowest BCUT2D eigenvalue weighted by molar-refractivity contribution is -0.0328. The molecule has 3 rings (SSSR count). The second kappa shape index (κ2) is 8.27. The minimum absolute atomic E-state index is 0.131. The van der Waals surface area contributed by atoms with Gasteiger partial charge in [0.15, 0.2) is 0 Å². The Balaban J connectivity index is 1.75. The van der Waals surface area contributed by atoms with Crippen molar-refractivity contribution >= 4 is 33.2 Å². The summed E-state index contributed by atoms with van der Waals surface area (Å²) in [4.78, 5) is 8.43. The molecule has 0 radical (unpaired) electrons. The molecule has 164 valence electrons. The fraction of sp³-hybridized carbons (Fsp3) is 0.421. The number of pyridine rings is 1. The molecule has 0 aliphatic carbocycles. The topological polar surface area (TPSA) is 65.5 Å². The predicted molar refractivity (Wildman–Crippen MR) is 113 cm³/mol.